The Labute approximate surface area is 175 Å². The summed E-state index contributed by atoms with van der Waals surface area (Å²) in [5, 5.41) is 9.25. The molecule has 0 aliphatic heterocycles. The summed E-state index contributed by atoms with van der Waals surface area (Å²) >= 11 is 1.74. The lowest BCUT2D eigenvalue weighted by atomic mass is 10.1. The van der Waals surface area contributed by atoms with E-state index >= 15 is 0 Å². The van der Waals surface area contributed by atoms with Crippen molar-refractivity contribution in [1.82, 2.24) is 16.0 Å². The van der Waals surface area contributed by atoms with E-state index in [-0.39, 0.29) is 29.9 Å². The van der Waals surface area contributed by atoms with Gasteiger partial charge in [-0.1, -0.05) is 12.1 Å². The number of nitrogens with zero attached hydrogens (tertiary/aromatic N) is 1. The molecule has 2 aromatic rings. The predicted octanol–water partition coefficient (Wildman–Crippen LogP) is 3.02. The van der Waals surface area contributed by atoms with E-state index in [0.29, 0.717) is 31.4 Å². The number of aryl methyl sites for hydroxylation is 1. The molecule has 0 aliphatic rings. The number of guanidine groups is 1. The average molecular weight is 488 g/mol. The summed E-state index contributed by atoms with van der Waals surface area (Å²) in [4.78, 5) is 17.2. The first-order chi connectivity index (χ1) is 12.1. The van der Waals surface area contributed by atoms with Gasteiger partial charge in [-0.25, -0.2) is 0 Å². The second kappa shape index (κ2) is 11.8. The van der Waals surface area contributed by atoms with Gasteiger partial charge in [0.2, 0.25) is 0 Å². The molecule has 2 rings (SSSR count). The number of nitrogens with one attached hydrogen (secondary N) is 3. The van der Waals surface area contributed by atoms with Crippen LogP contribution in [-0.2, 0) is 6.54 Å². The van der Waals surface area contributed by atoms with Gasteiger partial charge in [-0.05, 0) is 42.5 Å². The van der Waals surface area contributed by atoms with Crippen LogP contribution in [0.5, 0.6) is 0 Å². The van der Waals surface area contributed by atoms with Gasteiger partial charge in [0.15, 0.2) is 11.7 Å². The lowest BCUT2D eigenvalue weighted by Crippen LogP contribution is -2.41. The number of carbonyl (C=O) groups is 1. The third-order valence-electron chi connectivity index (χ3n) is 3.56. The number of furan rings is 1. The monoisotopic (exact) mass is 488 g/mol. The highest BCUT2D eigenvalue weighted by Crippen LogP contribution is 2.21. The van der Waals surface area contributed by atoms with Crippen molar-refractivity contribution in [3.05, 3.63) is 53.5 Å². The predicted molar refractivity (Wildman–Crippen MR) is 118 cm³/mol. The molecule has 26 heavy (non-hydrogen) atoms. The number of hydrogen-bond donors (Lipinski definition) is 3. The second-order valence-corrected chi connectivity index (χ2v) is 6.25. The summed E-state index contributed by atoms with van der Waals surface area (Å²) in [5.74, 6) is 0.783. The number of amides is 1. The molecule has 0 aliphatic carbocycles. The first-order valence-corrected chi connectivity index (χ1v) is 9.26. The Morgan fingerprint density at radius 1 is 1.19 bits per heavy atom. The maximum Gasteiger partial charge on any atom is 0.287 e. The molecular formula is C18H25IN4O2S. The van der Waals surface area contributed by atoms with E-state index in [1.165, 1.54) is 22.3 Å². The van der Waals surface area contributed by atoms with Crippen LogP contribution in [0.4, 0.5) is 0 Å². The van der Waals surface area contributed by atoms with Gasteiger partial charge in [-0.3, -0.25) is 9.79 Å². The number of benzene rings is 1. The third kappa shape index (κ3) is 6.91. The van der Waals surface area contributed by atoms with E-state index in [1.807, 2.05) is 0 Å². The SMILES string of the molecule is CN=C(NCCNC(=O)c1ccco1)NCc1ccc(C)cc1SC.I. The van der Waals surface area contributed by atoms with E-state index < -0.39 is 0 Å². The molecule has 3 N–H and O–H groups in total. The molecule has 1 aromatic heterocycles. The maximum atomic E-state index is 11.7. The van der Waals surface area contributed by atoms with E-state index in [0.717, 1.165) is 0 Å². The molecule has 0 radical (unpaired) electrons. The van der Waals surface area contributed by atoms with Gasteiger partial charge in [0, 0.05) is 31.6 Å². The zero-order valence-electron chi connectivity index (χ0n) is 15.2. The quantitative estimate of drug-likeness (QED) is 0.184. The summed E-state index contributed by atoms with van der Waals surface area (Å²) in [5.41, 5.74) is 2.48. The van der Waals surface area contributed by atoms with Gasteiger partial charge < -0.3 is 20.4 Å². The Hall–Kier alpha value is -1.68. The Morgan fingerprint density at radius 3 is 2.62 bits per heavy atom. The van der Waals surface area contributed by atoms with Crippen molar-refractivity contribution < 1.29 is 9.21 Å². The van der Waals surface area contributed by atoms with E-state index in [1.54, 1.807) is 30.9 Å². The van der Waals surface area contributed by atoms with Gasteiger partial charge >= 0.3 is 0 Å². The first-order valence-electron chi connectivity index (χ1n) is 8.03. The summed E-state index contributed by atoms with van der Waals surface area (Å²) in [6, 6.07) is 9.74. The minimum Gasteiger partial charge on any atom is -0.459 e. The van der Waals surface area contributed by atoms with Crippen LogP contribution in [0.1, 0.15) is 21.7 Å². The second-order valence-electron chi connectivity index (χ2n) is 5.40. The van der Waals surface area contributed by atoms with Crippen molar-refractivity contribution in [1.29, 1.82) is 0 Å². The zero-order chi connectivity index (χ0) is 18.1. The minimum atomic E-state index is -0.223. The molecule has 0 fully saturated rings. The van der Waals surface area contributed by atoms with Crippen LogP contribution in [-0.4, -0.2) is 38.3 Å². The number of carbonyl (C=O) groups excluding carboxylic acids is 1. The Kier molecular flexibility index (Phi) is 10.2. The van der Waals surface area contributed by atoms with Gasteiger partial charge in [-0.2, -0.15) is 0 Å². The molecule has 0 saturated heterocycles. The van der Waals surface area contributed by atoms with Crippen LogP contribution in [0.2, 0.25) is 0 Å². The van der Waals surface area contributed by atoms with Crippen LogP contribution in [0, 0.1) is 6.92 Å². The van der Waals surface area contributed by atoms with Crippen LogP contribution in [0.15, 0.2) is 50.9 Å². The molecular weight excluding hydrogens is 463 g/mol. The molecule has 0 bridgehead atoms. The number of thioether (sulfide) groups is 1. The van der Waals surface area contributed by atoms with Crippen molar-refractivity contribution in [3.63, 3.8) is 0 Å². The van der Waals surface area contributed by atoms with Gasteiger partial charge in [-0.15, -0.1) is 35.7 Å². The molecule has 0 saturated carbocycles. The van der Waals surface area contributed by atoms with E-state index in [9.17, 15) is 4.79 Å². The van der Waals surface area contributed by atoms with Crippen LogP contribution in [0.25, 0.3) is 0 Å². The zero-order valence-corrected chi connectivity index (χ0v) is 18.3. The van der Waals surface area contributed by atoms with Crippen LogP contribution in [0.3, 0.4) is 0 Å². The lowest BCUT2D eigenvalue weighted by molar-refractivity contribution is 0.0926. The molecule has 1 aromatic carbocycles. The molecule has 142 valence electrons. The van der Waals surface area contributed by atoms with Crippen LogP contribution >= 0.6 is 35.7 Å². The molecule has 0 atom stereocenters. The molecule has 0 spiro atoms. The number of hydrogen-bond acceptors (Lipinski definition) is 4. The Balaban J connectivity index is 0.00000338. The van der Waals surface area contributed by atoms with Crippen molar-refractivity contribution >= 4 is 47.6 Å². The maximum absolute atomic E-state index is 11.7. The molecule has 1 amide bonds. The fourth-order valence-electron chi connectivity index (χ4n) is 2.25. The highest BCUT2D eigenvalue weighted by atomic mass is 127. The van der Waals surface area contributed by atoms with Crippen molar-refractivity contribution in [2.24, 2.45) is 4.99 Å². The lowest BCUT2D eigenvalue weighted by Gasteiger charge is -2.14. The number of halogens is 1. The number of rotatable bonds is 7. The standard InChI is InChI=1S/C18H24N4O2S.HI/c1-13-6-7-14(16(11-13)25-3)12-22-18(19-2)21-9-8-20-17(23)15-5-4-10-24-15;/h4-7,10-11H,8-9,12H2,1-3H3,(H,20,23)(H2,19,21,22);1H. The van der Waals surface area contributed by atoms with Gasteiger partial charge in [0.1, 0.15) is 0 Å². The molecule has 0 unspecified atom stereocenters. The molecule has 6 nitrogen and oxygen atoms in total. The molecule has 1 heterocycles. The third-order valence-corrected chi connectivity index (χ3v) is 4.38. The first kappa shape index (κ1) is 22.4. The van der Waals surface area contributed by atoms with E-state index in [4.69, 9.17) is 4.42 Å². The fourth-order valence-corrected chi connectivity index (χ4v) is 2.96. The molecule has 8 heteroatoms. The summed E-state index contributed by atoms with van der Waals surface area (Å²) < 4.78 is 5.04. The average Bonchev–Trinajstić information content (AvgIpc) is 3.16. The highest BCUT2D eigenvalue weighted by molar-refractivity contribution is 14.0. The van der Waals surface area contributed by atoms with Crippen LogP contribution < -0.4 is 16.0 Å². The highest BCUT2D eigenvalue weighted by Gasteiger charge is 2.07. The van der Waals surface area contributed by atoms with E-state index in [2.05, 4.69) is 52.3 Å². The normalized spacial score (nSPS) is 10.8. The fraction of sp³-hybridized carbons (Fsp3) is 0.333. The summed E-state index contributed by atoms with van der Waals surface area (Å²) in [6.45, 7) is 3.82. The van der Waals surface area contributed by atoms with Gasteiger partial charge in [0.05, 0.1) is 6.26 Å². The van der Waals surface area contributed by atoms with Crippen molar-refractivity contribution in [3.8, 4) is 0 Å². The largest absolute Gasteiger partial charge is 0.459 e. The summed E-state index contributed by atoms with van der Waals surface area (Å²) in [6.07, 6.45) is 3.56. The topological polar surface area (TPSA) is 78.7 Å². The van der Waals surface area contributed by atoms with Gasteiger partial charge in [0.25, 0.3) is 5.91 Å². The Bertz CT molecular complexity index is 720. The minimum absolute atomic E-state index is 0. The number of aliphatic imine (C=N–C) groups is 1. The Morgan fingerprint density at radius 2 is 1.96 bits per heavy atom. The van der Waals surface area contributed by atoms with Crippen molar-refractivity contribution in [2.75, 3.05) is 26.4 Å². The van der Waals surface area contributed by atoms with Crippen molar-refractivity contribution in [2.45, 2.75) is 18.4 Å². The smallest absolute Gasteiger partial charge is 0.287 e. The summed E-state index contributed by atoms with van der Waals surface area (Å²) in [7, 11) is 1.72.